The van der Waals surface area contributed by atoms with Gasteiger partial charge in [0.15, 0.2) is 0 Å². The summed E-state index contributed by atoms with van der Waals surface area (Å²) in [7, 11) is 0. The number of rotatable bonds is 7. The highest BCUT2D eigenvalue weighted by Crippen LogP contribution is 2.35. The first-order valence-electron chi connectivity index (χ1n) is 9.70. The number of hydrogen-bond acceptors (Lipinski definition) is 4. The summed E-state index contributed by atoms with van der Waals surface area (Å²) >= 11 is 0. The molecule has 0 aliphatic rings. The molecule has 0 bridgehead atoms. The van der Waals surface area contributed by atoms with Crippen molar-refractivity contribution in [1.29, 1.82) is 0 Å². The number of pyridine rings is 1. The second-order valence-electron chi connectivity index (χ2n) is 7.72. The van der Waals surface area contributed by atoms with Crippen LogP contribution < -0.4 is 10.6 Å². The molecule has 166 valence electrons. The summed E-state index contributed by atoms with van der Waals surface area (Å²) in [5.41, 5.74) is -0.0642. The van der Waals surface area contributed by atoms with Gasteiger partial charge in [-0.1, -0.05) is 13.8 Å². The Bertz CT molecular complexity index is 1070. The number of aromatic nitrogens is 2. The van der Waals surface area contributed by atoms with Crippen molar-refractivity contribution in [3.05, 3.63) is 48.3 Å². The Hall–Kier alpha value is -3.30. The molecule has 2 amide bonds. The van der Waals surface area contributed by atoms with Gasteiger partial charge >= 0.3 is 6.18 Å². The number of hydrogen-bond donors (Lipinski definition) is 2. The SMILES string of the molecule is CC(=O)NC(CC(C)C)C(=O)NCc1cn2cc(-c3ccoc3)cc(C(F)(F)F)c2n1. The summed E-state index contributed by atoms with van der Waals surface area (Å²) in [6, 6.07) is 1.86. The fourth-order valence-corrected chi connectivity index (χ4v) is 3.28. The molecule has 0 spiro atoms. The molecular weight excluding hydrogens is 413 g/mol. The predicted molar refractivity (Wildman–Crippen MR) is 107 cm³/mol. The molecule has 3 heterocycles. The maximum atomic E-state index is 13.6. The maximum Gasteiger partial charge on any atom is 0.420 e. The number of carbonyl (C=O) groups is 2. The van der Waals surface area contributed by atoms with Crippen molar-refractivity contribution < 1.29 is 27.2 Å². The third-order valence-corrected chi connectivity index (χ3v) is 4.61. The molecule has 0 aliphatic heterocycles. The second kappa shape index (κ2) is 8.83. The van der Waals surface area contributed by atoms with E-state index in [0.717, 1.165) is 6.07 Å². The number of nitrogens with one attached hydrogen (secondary N) is 2. The molecule has 1 atom stereocenters. The quantitative estimate of drug-likeness (QED) is 0.590. The molecule has 0 saturated carbocycles. The number of nitrogens with zero attached hydrogens (tertiary/aromatic N) is 2. The summed E-state index contributed by atoms with van der Waals surface area (Å²) < 4.78 is 47.1. The van der Waals surface area contributed by atoms with E-state index in [1.54, 1.807) is 6.07 Å². The van der Waals surface area contributed by atoms with Gasteiger partial charge < -0.3 is 19.5 Å². The van der Waals surface area contributed by atoms with Gasteiger partial charge in [0.2, 0.25) is 11.8 Å². The summed E-state index contributed by atoms with van der Waals surface area (Å²) in [5, 5.41) is 5.24. The lowest BCUT2D eigenvalue weighted by atomic mass is 10.0. The average molecular weight is 436 g/mol. The van der Waals surface area contributed by atoms with Crippen LogP contribution in [0.5, 0.6) is 0 Å². The van der Waals surface area contributed by atoms with E-state index in [2.05, 4.69) is 15.6 Å². The van der Waals surface area contributed by atoms with Gasteiger partial charge in [0.1, 0.15) is 11.7 Å². The van der Waals surface area contributed by atoms with E-state index in [9.17, 15) is 22.8 Å². The zero-order chi connectivity index (χ0) is 22.8. The number of halogens is 3. The first kappa shape index (κ1) is 22.4. The highest BCUT2D eigenvalue weighted by molar-refractivity contribution is 5.86. The summed E-state index contributed by atoms with van der Waals surface area (Å²) in [6.45, 7) is 5.08. The standard InChI is InChI=1S/C21H23F3N4O3/c1-12(2)6-18(26-13(3)29)20(30)25-8-16-10-28-9-15(14-4-5-31-11-14)7-17(19(28)27-16)21(22,23)24/h4-5,7,9-12,18H,6,8H2,1-3H3,(H,25,30)(H,26,29). The number of amides is 2. The Kier molecular flexibility index (Phi) is 6.37. The molecule has 0 fully saturated rings. The van der Waals surface area contributed by atoms with Crippen LogP contribution in [-0.4, -0.2) is 27.2 Å². The van der Waals surface area contributed by atoms with Gasteiger partial charge in [0, 0.05) is 30.4 Å². The van der Waals surface area contributed by atoms with Gasteiger partial charge in [-0.05, 0) is 24.5 Å². The molecule has 3 aromatic rings. The van der Waals surface area contributed by atoms with Gasteiger partial charge in [0.05, 0.1) is 30.3 Å². The van der Waals surface area contributed by atoms with Gasteiger partial charge in [0.25, 0.3) is 0 Å². The smallest absolute Gasteiger partial charge is 0.420 e. The zero-order valence-corrected chi connectivity index (χ0v) is 17.3. The van der Waals surface area contributed by atoms with Crippen molar-refractivity contribution in [3.8, 4) is 11.1 Å². The average Bonchev–Trinajstić information content (AvgIpc) is 3.32. The molecule has 0 saturated heterocycles. The fourth-order valence-electron chi connectivity index (χ4n) is 3.28. The van der Waals surface area contributed by atoms with E-state index in [0.29, 0.717) is 17.5 Å². The van der Waals surface area contributed by atoms with Crippen LogP contribution in [0.4, 0.5) is 13.2 Å². The van der Waals surface area contributed by atoms with Gasteiger partial charge in [-0.25, -0.2) is 4.98 Å². The highest BCUT2D eigenvalue weighted by atomic mass is 19.4. The minimum atomic E-state index is -4.61. The van der Waals surface area contributed by atoms with Crippen molar-refractivity contribution in [2.75, 3.05) is 0 Å². The zero-order valence-electron chi connectivity index (χ0n) is 17.3. The van der Waals surface area contributed by atoms with Crippen LogP contribution in [0.3, 0.4) is 0 Å². The molecule has 3 rings (SSSR count). The number of alkyl halides is 3. The number of imidazole rings is 1. The summed E-state index contributed by atoms with van der Waals surface area (Å²) in [5.74, 6) is -0.598. The molecule has 2 N–H and O–H groups in total. The molecular formula is C21H23F3N4O3. The van der Waals surface area contributed by atoms with E-state index >= 15 is 0 Å². The van der Waals surface area contributed by atoms with Crippen LogP contribution in [0.2, 0.25) is 0 Å². The van der Waals surface area contributed by atoms with E-state index in [4.69, 9.17) is 4.42 Å². The molecule has 31 heavy (non-hydrogen) atoms. The Morgan fingerprint density at radius 1 is 1.23 bits per heavy atom. The molecule has 0 aliphatic carbocycles. The van der Waals surface area contributed by atoms with E-state index in [-0.39, 0.29) is 29.7 Å². The van der Waals surface area contributed by atoms with Crippen LogP contribution >= 0.6 is 0 Å². The lowest BCUT2D eigenvalue weighted by molar-refractivity contribution is -0.136. The van der Waals surface area contributed by atoms with Gasteiger partial charge in [-0.3, -0.25) is 9.59 Å². The molecule has 7 nitrogen and oxygen atoms in total. The Morgan fingerprint density at radius 3 is 2.55 bits per heavy atom. The summed E-state index contributed by atoms with van der Waals surface area (Å²) in [4.78, 5) is 27.9. The van der Waals surface area contributed by atoms with Gasteiger partial charge in [-0.2, -0.15) is 13.2 Å². The summed E-state index contributed by atoms with van der Waals surface area (Å²) in [6.07, 6.45) is 1.51. The topological polar surface area (TPSA) is 88.6 Å². The third-order valence-electron chi connectivity index (χ3n) is 4.61. The van der Waals surface area contributed by atoms with E-state index in [1.165, 1.54) is 36.2 Å². The second-order valence-corrected chi connectivity index (χ2v) is 7.72. The minimum absolute atomic E-state index is 0.0764. The van der Waals surface area contributed by atoms with Crippen LogP contribution in [0.15, 0.2) is 41.5 Å². The molecule has 1 unspecified atom stereocenters. The lowest BCUT2D eigenvalue weighted by Gasteiger charge is -2.19. The molecule has 0 aromatic carbocycles. The van der Waals surface area contributed by atoms with Crippen LogP contribution in [-0.2, 0) is 22.3 Å². The van der Waals surface area contributed by atoms with Crippen molar-refractivity contribution in [1.82, 2.24) is 20.0 Å². The first-order chi connectivity index (χ1) is 14.5. The van der Waals surface area contributed by atoms with Crippen molar-refractivity contribution in [2.24, 2.45) is 5.92 Å². The third kappa shape index (κ3) is 5.44. The predicted octanol–water partition coefficient (Wildman–Crippen LogP) is 3.78. The highest BCUT2D eigenvalue weighted by Gasteiger charge is 2.35. The van der Waals surface area contributed by atoms with Crippen molar-refractivity contribution in [2.45, 2.75) is 46.0 Å². The largest absolute Gasteiger partial charge is 0.472 e. The van der Waals surface area contributed by atoms with Crippen LogP contribution in [0.1, 0.15) is 38.4 Å². The number of furan rings is 1. The molecule has 3 aromatic heterocycles. The monoisotopic (exact) mass is 436 g/mol. The minimum Gasteiger partial charge on any atom is -0.472 e. The van der Waals surface area contributed by atoms with E-state index in [1.807, 2.05) is 13.8 Å². The Morgan fingerprint density at radius 2 is 1.97 bits per heavy atom. The van der Waals surface area contributed by atoms with Crippen LogP contribution in [0, 0.1) is 5.92 Å². The van der Waals surface area contributed by atoms with Gasteiger partial charge in [-0.15, -0.1) is 0 Å². The molecule has 0 radical (unpaired) electrons. The molecule has 10 heteroatoms. The van der Waals surface area contributed by atoms with Crippen molar-refractivity contribution in [3.63, 3.8) is 0 Å². The number of fused-ring (bicyclic) bond motifs is 1. The Balaban J connectivity index is 1.86. The Labute approximate surface area is 176 Å². The maximum absolute atomic E-state index is 13.6. The first-order valence-corrected chi connectivity index (χ1v) is 9.70. The van der Waals surface area contributed by atoms with Crippen molar-refractivity contribution >= 4 is 17.5 Å². The fraction of sp³-hybridized carbons (Fsp3) is 0.381. The van der Waals surface area contributed by atoms with Crippen LogP contribution in [0.25, 0.3) is 16.8 Å². The normalized spacial score (nSPS) is 12.9. The van der Waals surface area contributed by atoms with E-state index < -0.39 is 23.7 Å². The lowest BCUT2D eigenvalue weighted by Crippen LogP contribution is -2.46. The number of carbonyl (C=O) groups excluding carboxylic acids is 2.